The molecule has 0 spiro atoms. The number of rotatable bonds is 4. The molecule has 0 aliphatic rings. The zero-order valence-corrected chi connectivity index (χ0v) is 11.0. The molecule has 0 fully saturated rings. The lowest BCUT2D eigenvalue weighted by molar-refractivity contribution is -0.142. The van der Waals surface area contributed by atoms with Gasteiger partial charge in [-0.3, -0.25) is 4.79 Å². The number of carboxylic acids is 1. The van der Waals surface area contributed by atoms with Crippen molar-refractivity contribution in [3.8, 4) is 0 Å². The molecule has 0 aromatic rings. The van der Waals surface area contributed by atoms with Gasteiger partial charge in [-0.05, 0) is 27.7 Å². The molecule has 0 saturated carbocycles. The summed E-state index contributed by atoms with van der Waals surface area (Å²) in [5.74, 6) is -1.54. The molecule has 0 heterocycles. The van der Waals surface area contributed by atoms with Crippen LogP contribution >= 0.6 is 25.3 Å². The first kappa shape index (κ1) is 14.6. The summed E-state index contributed by atoms with van der Waals surface area (Å²) in [6.07, 6.45) is 0. The third-order valence-electron chi connectivity index (χ3n) is 1.78. The summed E-state index contributed by atoms with van der Waals surface area (Å²) >= 11 is 8.20. The standard InChI is InChI=1S/C9H17NO3S2/c1-8(2,14)5(6(11)12)10-7(13)9(3,4)15/h5,14-15H,1-4H3,(H,10,13)(H,11,12). The fourth-order valence-electron chi connectivity index (χ4n) is 0.848. The lowest BCUT2D eigenvalue weighted by Crippen LogP contribution is -2.55. The zero-order valence-electron chi connectivity index (χ0n) is 9.24. The van der Waals surface area contributed by atoms with Crippen molar-refractivity contribution in [2.75, 3.05) is 0 Å². The molecule has 88 valence electrons. The minimum atomic E-state index is -1.11. The van der Waals surface area contributed by atoms with E-state index < -0.39 is 27.4 Å². The van der Waals surface area contributed by atoms with Crippen LogP contribution in [0.25, 0.3) is 0 Å². The van der Waals surface area contributed by atoms with Crippen molar-refractivity contribution in [3.05, 3.63) is 0 Å². The quantitative estimate of drug-likeness (QED) is 0.563. The van der Waals surface area contributed by atoms with Gasteiger partial charge in [0.25, 0.3) is 0 Å². The Kier molecular flexibility index (Phi) is 4.54. The number of carboxylic acid groups (broad SMARTS) is 1. The lowest BCUT2D eigenvalue weighted by atomic mass is 10.0. The minimum absolute atomic E-state index is 0.430. The molecule has 0 saturated heterocycles. The van der Waals surface area contributed by atoms with Crippen LogP contribution < -0.4 is 5.32 Å². The summed E-state index contributed by atoms with van der Waals surface area (Å²) in [7, 11) is 0. The number of nitrogens with one attached hydrogen (secondary N) is 1. The largest absolute Gasteiger partial charge is 0.480 e. The number of amides is 1. The van der Waals surface area contributed by atoms with Crippen LogP contribution in [0, 0.1) is 0 Å². The van der Waals surface area contributed by atoms with E-state index in [2.05, 4.69) is 30.6 Å². The van der Waals surface area contributed by atoms with Crippen LogP contribution in [-0.4, -0.2) is 32.5 Å². The van der Waals surface area contributed by atoms with Crippen LogP contribution in [-0.2, 0) is 9.59 Å². The summed E-state index contributed by atoms with van der Waals surface area (Å²) < 4.78 is -1.74. The number of thiol groups is 2. The maximum atomic E-state index is 11.5. The second-order valence-electron chi connectivity index (χ2n) is 4.46. The van der Waals surface area contributed by atoms with Crippen LogP contribution in [0.4, 0.5) is 0 Å². The van der Waals surface area contributed by atoms with E-state index >= 15 is 0 Å². The second-order valence-corrected chi connectivity index (χ2v) is 6.73. The molecule has 0 aromatic carbocycles. The van der Waals surface area contributed by atoms with Crippen molar-refractivity contribution in [2.24, 2.45) is 0 Å². The SMILES string of the molecule is CC(C)(S)C(=O)NC(C(=O)O)C(C)(C)S. The molecule has 0 bridgehead atoms. The van der Waals surface area contributed by atoms with Crippen molar-refractivity contribution < 1.29 is 14.7 Å². The van der Waals surface area contributed by atoms with Gasteiger partial charge in [0.15, 0.2) is 0 Å². The van der Waals surface area contributed by atoms with Gasteiger partial charge >= 0.3 is 5.97 Å². The van der Waals surface area contributed by atoms with Crippen molar-refractivity contribution in [1.29, 1.82) is 0 Å². The maximum Gasteiger partial charge on any atom is 0.327 e. The number of carbonyl (C=O) groups excluding carboxylic acids is 1. The molecule has 0 radical (unpaired) electrons. The Balaban J connectivity index is 4.74. The maximum absolute atomic E-state index is 11.5. The predicted molar refractivity (Wildman–Crippen MR) is 65.7 cm³/mol. The fourth-order valence-corrected chi connectivity index (χ4v) is 1.09. The van der Waals surface area contributed by atoms with Crippen molar-refractivity contribution in [2.45, 2.75) is 43.2 Å². The van der Waals surface area contributed by atoms with E-state index in [0.29, 0.717) is 0 Å². The van der Waals surface area contributed by atoms with Gasteiger partial charge in [-0.1, -0.05) is 0 Å². The van der Waals surface area contributed by atoms with Gasteiger partial charge in [-0.25, -0.2) is 4.79 Å². The molecule has 6 heteroatoms. The number of aliphatic carboxylic acids is 1. The molecule has 0 rings (SSSR count). The fraction of sp³-hybridized carbons (Fsp3) is 0.778. The normalized spacial score (nSPS) is 14.5. The average molecular weight is 251 g/mol. The monoisotopic (exact) mass is 251 g/mol. The Bertz CT molecular complexity index is 266. The summed E-state index contributed by atoms with van der Waals surface area (Å²) in [6.45, 7) is 6.44. The van der Waals surface area contributed by atoms with Gasteiger partial charge < -0.3 is 10.4 Å². The van der Waals surface area contributed by atoms with Gasteiger partial charge in [0, 0.05) is 4.75 Å². The highest BCUT2D eigenvalue weighted by Gasteiger charge is 2.36. The summed E-state index contributed by atoms with van der Waals surface area (Å²) in [4.78, 5) is 22.5. The van der Waals surface area contributed by atoms with E-state index in [1.165, 1.54) is 0 Å². The smallest absolute Gasteiger partial charge is 0.327 e. The Morgan fingerprint density at radius 2 is 1.60 bits per heavy atom. The van der Waals surface area contributed by atoms with E-state index in [0.717, 1.165) is 0 Å². The van der Waals surface area contributed by atoms with Gasteiger partial charge in [0.1, 0.15) is 6.04 Å². The summed E-state index contributed by atoms with van der Waals surface area (Å²) in [6, 6.07) is -1.04. The second kappa shape index (κ2) is 4.65. The van der Waals surface area contributed by atoms with E-state index in [-0.39, 0.29) is 0 Å². The first-order chi connectivity index (χ1) is 6.46. The van der Waals surface area contributed by atoms with E-state index in [1.807, 2.05) is 0 Å². The predicted octanol–water partition coefficient (Wildman–Crippen LogP) is 0.973. The molecule has 1 amide bonds. The topological polar surface area (TPSA) is 66.4 Å². The van der Waals surface area contributed by atoms with Crippen molar-refractivity contribution in [3.63, 3.8) is 0 Å². The van der Waals surface area contributed by atoms with Gasteiger partial charge in [0.05, 0.1) is 4.75 Å². The Hall–Kier alpha value is -0.360. The van der Waals surface area contributed by atoms with E-state index in [1.54, 1.807) is 27.7 Å². The molecular weight excluding hydrogens is 234 g/mol. The molecular formula is C9H17NO3S2. The summed E-state index contributed by atoms with van der Waals surface area (Å²) in [5.41, 5.74) is 0. The molecule has 0 aromatic heterocycles. The minimum Gasteiger partial charge on any atom is -0.480 e. The number of hydrogen-bond acceptors (Lipinski definition) is 4. The van der Waals surface area contributed by atoms with Crippen LogP contribution in [0.3, 0.4) is 0 Å². The molecule has 1 atom stereocenters. The van der Waals surface area contributed by atoms with Crippen molar-refractivity contribution >= 4 is 37.1 Å². The van der Waals surface area contributed by atoms with Gasteiger partial charge in [0.2, 0.25) is 5.91 Å². The molecule has 4 nitrogen and oxygen atoms in total. The molecule has 2 N–H and O–H groups in total. The van der Waals surface area contributed by atoms with Crippen LogP contribution in [0.1, 0.15) is 27.7 Å². The van der Waals surface area contributed by atoms with E-state index in [4.69, 9.17) is 5.11 Å². The van der Waals surface area contributed by atoms with Crippen LogP contribution in [0.5, 0.6) is 0 Å². The average Bonchev–Trinajstić information content (AvgIpc) is 1.94. The summed E-state index contributed by atoms with van der Waals surface area (Å²) in [5, 5.41) is 11.3. The Labute approximate surface area is 101 Å². The highest BCUT2D eigenvalue weighted by molar-refractivity contribution is 7.82. The van der Waals surface area contributed by atoms with E-state index in [9.17, 15) is 9.59 Å². The van der Waals surface area contributed by atoms with Crippen molar-refractivity contribution in [1.82, 2.24) is 5.32 Å². The molecule has 0 aliphatic carbocycles. The Morgan fingerprint density at radius 3 is 1.80 bits per heavy atom. The highest BCUT2D eigenvalue weighted by Crippen LogP contribution is 2.20. The Morgan fingerprint density at radius 1 is 1.20 bits per heavy atom. The first-order valence-electron chi connectivity index (χ1n) is 4.45. The van der Waals surface area contributed by atoms with Crippen LogP contribution in [0.15, 0.2) is 0 Å². The third kappa shape index (κ3) is 4.79. The molecule has 0 aliphatic heterocycles. The first-order valence-corrected chi connectivity index (χ1v) is 5.34. The third-order valence-corrected chi connectivity index (χ3v) is 2.25. The lowest BCUT2D eigenvalue weighted by Gasteiger charge is -2.29. The molecule has 1 unspecified atom stereocenters. The zero-order chi connectivity index (χ0) is 12.4. The number of carbonyl (C=O) groups is 2. The van der Waals surface area contributed by atoms with Gasteiger partial charge in [-0.15, -0.1) is 0 Å². The van der Waals surface area contributed by atoms with Crippen LogP contribution in [0.2, 0.25) is 0 Å². The van der Waals surface area contributed by atoms with Gasteiger partial charge in [-0.2, -0.15) is 25.3 Å². The number of hydrogen-bond donors (Lipinski definition) is 4. The highest BCUT2D eigenvalue weighted by atomic mass is 32.1. The molecule has 15 heavy (non-hydrogen) atoms.